The molecule has 1 saturated heterocycles. The van der Waals surface area contributed by atoms with Crippen molar-refractivity contribution in [2.45, 2.75) is 25.3 Å². The Labute approximate surface area is 108 Å². The van der Waals surface area contributed by atoms with E-state index in [1.165, 1.54) is 37.1 Å². The molecule has 0 spiro atoms. The largest absolute Gasteiger partial charge is 0.299 e. The van der Waals surface area contributed by atoms with Gasteiger partial charge in [-0.3, -0.25) is 10.00 Å². The normalized spacial score (nSPS) is 18.0. The number of hydrogen-bond acceptors (Lipinski definition) is 2. The topological polar surface area (TPSA) is 31.9 Å². The molecule has 0 atom stereocenters. The Hall–Kier alpha value is -1.61. The molecule has 0 aliphatic carbocycles. The Balaban J connectivity index is 1.54. The summed E-state index contributed by atoms with van der Waals surface area (Å²) in [6, 6.07) is 10.7. The summed E-state index contributed by atoms with van der Waals surface area (Å²) in [6.07, 6.45) is 6.49. The van der Waals surface area contributed by atoms with Crippen LogP contribution in [0.15, 0.2) is 42.7 Å². The van der Waals surface area contributed by atoms with Crippen LogP contribution in [0.5, 0.6) is 0 Å². The average molecular weight is 241 g/mol. The second-order valence-electron chi connectivity index (χ2n) is 5.07. The lowest BCUT2D eigenvalue weighted by Gasteiger charge is -2.31. The van der Waals surface area contributed by atoms with Crippen molar-refractivity contribution in [2.24, 2.45) is 0 Å². The summed E-state index contributed by atoms with van der Waals surface area (Å²) in [5, 5.41) is 6.96. The fourth-order valence-electron chi connectivity index (χ4n) is 2.75. The molecule has 18 heavy (non-hydrogen) atoms. The summed E-state index contributed by atoms with van der Waals surface area (Å²) in [7, 11) is 0. The van der Waals surface area contributed by atoms with Crippen molar-refractivity contribution in [3.05, 3.63) is 53.9 Å². The van der Waals surface area contributed by atoms with Crippen molar-refractivity contribution in [3.63, 3.8) is 0 Å². The van der Waals surface area contributed by atoms with Crippen LogP contribution < -0.4 is 0 Å². The van der Waals surface area contributed by atoms with Crippen LogP contribution in [0, 0.1) is 0 Å². The van der Waals surface area contributed by atoms with Crippen molar-refractivity contribution in [1.29, 1.82) is 0 Å². The van der Waals surface area contributed by atoms with Crippen molar-refractivity contribution in [1.82, 2.24) is 15.1 Å². The first-order valence-electron chi connectivity index (χ1n) is 6.67. The molecule has 0 radical (unpaired) electrons. The molecule has 94 valence electrons. The second-order valence-corrected chi connectivity index (χ2v) is 5.07. The third kappa shape index (κ3) is 2.62. The maximum atomic E-state index is 4.05. The summed E-state index contributed by atoms with van der Waals surface area (Å²) in [5.41, 5.74) is 2.79. The van der Waals surface area contributed by atoms with Gasteiger partial charge in [-0.1, -0.05) is 30.3 Å². The highest BCUT2D eigenvalue weighted by Gasteiger charge is 2.20. The molecule has 0 amide bonds. The molecule has 0 bridgehead atoms. The lowest BCUT2D eigenvalue weighted by molar-refractivity contribution is 0.204. The minimum absolute atomic E-state index is 0.691. The van der Waals surface area contributed by atoms with Crippen molar-refractivity contribution >= 4 is 0 Å². The SMILES string of the molecule is c1ccc(CN2CCC(c3cn[nH]c3)CC2)cc1. The van der Waals surface area contributed by atoms with E-state index in [-0.39, 0.29) is 0 Å². The van der Waals surface area contributed by atoms with Crippen LogP contribution in [0.3, 0.4) is 0 Å². The van der Waals surface area contributed by atoms with Crippen molar-refractivity contribution in [2.75, 3.05) is 13.1 Å². The van der Waals surface area contributed by atoms with Crippen LogP contribution in [0.25, 0.3) is 0 Å². The van der Waals surface area contributed by atoms with E-state index in [2.05, 4.69) is 45.4 Å². The summed E-state index contributed by atoms with van der Waals surface area (Å²) in [5.74, 6) is 0.691. The number of rotatable bonds is 3. The van der Waals surface area contributed by atoms with Gasteiger partial charge in [-0.2, -0.15) is 5.10 Å². The van der Waals surface area contributed by atoms with Crippen molar-refractivity contribution < 1.29 is 0 Å². The predicted molar refractivity (Wildman–Crippen MR) is 72.3 cm³/mol. The van der Waals surface area contributed by atoms with Crippen LogP contribution in [0.2, 0.25) is 0 Å². The lowest BCUT2D eigenvalue weighted by Crippen LogP contribution is -2.32. The van der Waals surface area contributed by atoms with Gasteiger partial charge in [0.2, 0.25) is 0 Å². The first kappa shape index (κ1) is 11.5. The molecule has 1 aromatic carbocycles. The summed E-state index contributed by atoms with van der Waals surface area (Å²) < 4.78 is 0. The number of nitrogens with zero attached hydrogens (tertiary/aromatic N) is 2. The minimum Gasteiger partial charge on any atom is -0.299 e. The zero-order valence-electron chi connectivity index (χ0n) is 10.5. The van der Waals surface area contributed by atoms with E-state index in [4.69, 9.17) is 0 Å². The highest BCUT2D eigenvalue weighted by molar-refractivity contribution is 5.15. The van der Waals surface area contributed by atoms with E-state index in [1.54, 1.807) is 0 Å². The first-order valence-corrected chi connectivity index (χ1v) is 6.67. The van der Waals surface area contributed by atoms with E-state index in [0.29, 0.717) is 5.92 Å². The van der Waals surface area contributed by atoms with Crippen LogP contribution in [-0.4, -0.2) is 28.2 Å². The summed E-state index contributed by atoms with van der Waals surface area (Å²) >= 11 is 0. The molecular formula is C15H19N3. The van der Waals surface area contributed by atoms with E-state index in [9.17, 15) is 0 Å². The molecule has 2 aromatic rings. The van der Waals surface area contributed by atoms with Gasteiger partial charge in [0.25, 0.3) is 0 Å². The molecule has 3 rings (SSSR count). The van der Waals surface area contributed by atoms with Gasteiger partial charge >= 0.3 is 0 Å². The second kappa shape index (κ2) is 5.36. The van der Waals surface area contributed by atoms with Crippen LogP contribution in [-0.2, 0) is 6.54 Å². The summed E-state index contributed by atoms with van der Waals surface area (Å²) in [4.78, 5) is 2.55. The van der Waals surface area contributed by atoms with Crippen LogP contribution >= 0.6 is 0 Å². The number of hydrogen-bond donors (Lipinski definition) is 1. The van der Waals surface area contributed by atoms with Gasteiger partial charge in [-0.25, -0.2) is 0 Å². The number of likely N-dealkylation sites (tertiary alicyclic amines) is 1. The third-order valence-corrected chi connectivity index (χ3v) is 3.83. The molecule has 1 N–H and O–H groups in total. The average Bonchev–Trinajstić information content (AvgIpc) is 2.95. The first-order chi connectivity index (χ1) is 8.92. The van der Waals surface area contributed by atoms with Gasteiger partial charge in [0.05, 0.1) is 6.20 Å². The number of benzene rings is 1. The Morgan fingerprint density at radius 2 is 1.94 bits per heavy atom. The molecule has 1 aromatic heterocycles. The smallest absolute Gasteiger partial charge is 0.0522 e. The highest BCUT2D eigenvalue weighted by atomic mass is 15.1. The molecule has 0 unspecified atom stereocenters. The molecule has 1 aliphatic heterocycles. The highest BCUT2D eigenvalue weighted by Crippen LogP contribution is 2.27. The van der Waals surface area contributed by atoms with Crippen LogP contribution in [0.4, 0.5) is 0 Å². The number of aromatic nitrogens is 2. The fraction of sp³-hybridized carbons (Fsp3) is 0.400. The Bertz CT molecular complexity index is 456. The molecule has 0 saturated carbocycles. The molecule has 1 fully saturated rings. The van der Waals surface area contributed by atoms with E-state index in [1.807, 2.05) is 12.4 Å². The van der Waals surface area contributed by atoms with Gasteiger partial charge in [-0.15, -0.1) is 0 Å². The minimum atomic E-state index is 0.691. The molecular weight excluding hydrogens is 222 g/mol. The van der Waals surface area contributed by atoms with Gasteiger partial charge in [0.1, 0.15) is 0 Å². The number of nitrogens with one attached hydrogen (secondary N) is 1. The number of piperidine rings is 1. The standard InChI is InChI=1S/C15H19N3/c1-2-4-13(5-3-1)12-18-8-6-14(7-9-18)15-10-16-17-11-15/h1-5,10-11,14H,6-9,12H2,(H,16,17). The van der Waals surface area contributed by atoms with Crippen molar-refractivity contribution in [3.8, 4) is 0 Å². The number of aromatic amines is 1. The van der Waals surface area contributed by atoms with E-state index < -0.39 is 0 Å². The van der Waals surface area contributed by atoms with Gasteiger partial charge in [-0.05, 0) is 43.0 Å². The van der Waals surface area contributed by atoms with E-state index in [0.717, 1.165) is 6.54 Å². The lowest BCUT2D eigenvalue weighted by atomic mass is 9.91. The molecule has 2 heterocycles. The van der Waals surface area contributed by atoms with Gasteiger partial charge < -0.3 is 0 Å². The van der Waals surface area contributed by atoms with Gasteiger partial charge in [0, 0.05) is 12.7 Å². The predicted octanol–water partition coefficient (Wildman–Crippen LogP) is 2.79. The summed E-state index contributed by atoms with van der Waals surface area (Å²) in [6.45, 7) is 3.45. The third-order valence-electron chi connectivity index (χ3n) is 3.83. The Morgan fingerprint density at radius 1 is 1.17 bits per heavy atom. The number of H-pyrrole nitrogens is 1. The monoisotopic (exact) mass is 241 g/mol. The van der Waals surface area contributed by atoms with Gasteiger partial charge in [0.15, 0.2) is 0 Å². The maximum absolute atomic E-state index is 4.05. The van der Waals surface area contributed by atoms with Crippen LogP contribution in [0.1, 0.15) is 29.9 Å². The quantitative estimate of drug-likeness (QED) is 0.896. The molecule has 1 aliphatic rings. The Morgan fingerprint density at radius 3 is 2.61 bits per heavy atom. The molecule has 3 heteroatoms. The maximum Gasteiger partial charge on any atom is 0.0522 e. The van der Waals surface area contributed by atoms with E-state index >= 15 is 0 Å². The fourth-order valence-corrected chi connectivity index (χ4v) is 2.75. The zero-order chi connectivity index (χ0) is 12.2. The Kier molecular flexibility index (Phi) is 3.42. The molecule has 3 nitrogen and oxygen atoms in total. The zero-order valence-corrected chi connectivity index (χ0v) is 10.5.